The molecular formula is C21H21F2N3O2. The van der Waals surface area contributed by atoms with Crippen LogP contribution in [-0.2, 0) is 6.54 Å². The van der Waals surface area contributed by atoms with Crippen molar-refractivity contribution in [3.63, 3.8) is 0 Å². The van der Waals surface area contributed by atoms with E-state index in [0.717, 1.165) is 29.7 Å². The molecule has 28 heavy (non-hydrogen) atoms. The summed E-state index contributed by atoms with van der Waals surface area (Å²) < 4.78 is 37.4. The van der Waals surface area contributed by atoms with Crippen LogP contribution in [-0.4, -0.2) is 23.0 Å². The highest BCUT2D eigenvalue weighted by Gasteiger charge is 2.23. The van der Waals surface area contributed by atoms with Gasteiger partial charge in [0.1, 0.15) is 0 Å². The molecule has 0 spiro atoms. The standard InChI is InChI=1S/C21H21F2N3O2/c22-21(23)28-19-8-3-15(11-20(19)27-13-14-1-2-14)12-26-10-9-18(25-26)16-4-6-17(24)7-5-16/h3-11,14,21H,1-2,12-13,24H2. The van der Waals surface area contributed by atoms with Gasteiger partial charge in [-0.15, -0.1) is 0 Å². The molecule has 1 aliphatic carbocycles. The molecule has 7 heteroatoms. The average Bonchev–Trinajstić information content (AvgIpc) is 3.39. The predicted molar refractivity (Wildman–Crippen MR) is 102 cm³/mol. The molecule has 0 aliphatic heterocycles. The molecule has 0 radical (unpaired) electrons. The van der Waals surface area contributed by atoms with Crippen molar-refractivity contribution < 1.29 is 18.3 Å². The first-order valence-electron chi connectivity index (χ1n) is 9.17. The number of nitrogen functional groups attached to an aromatic ring is 1. The van der Waals surface area contributed by atoms with E-state index < -0.39 is 6.61 Å². The summed E-state index contributed by atoms with van der Waals surface area (Å²) in [7, 11) is 0. The van der Waals surface area contributed by atoms with Gasteiger partial charge in [0.15, 0.2) is 11.5 Å². The molecule has 0 saturated heterocycles. The Morgan fingerprint density at radius 2 is 1.86 bits per heavy atom. The van der Waals surface area contributed by atoms with Crippen molar-refractivity contribution in [2.24, 2.45) is 5.92 Å². The van der Waals surface area contributed by atoms with Crippen LogP contribution in [0, 0.1) is 5.92 Å². The molecule has 2 aromatic carbocycles. The van der Waals surface area contributed by atoms with Gasteiger partial charge in [-0.05, 0) is 54.7 Å². The van der Waals surface area contributed by atoms with Gasteiger partial charge in [-0.2, -0.15) is 13.9 Å². The van der Waals surface area contributed by atoms with Gasteiger partial charge in [-0.1, -0.05) is 18.2 Å². The van der Waals surface area contributed by atoms with Crippen LogP contribution >= 0.6 is 0 Å². The number of halogens is 2. The molecule has 1 aromatic heterocycles. The van der Waals surface area contributed by atoms with Crippen molar-refractivity contribution in [1.29, 1.82) is 0 Å². The fraction of sp³-hybridized carbons (Fsp3) is 0.286. The smallest absolute Gasteiger partial charge is 0.387 e. The van der Waals surface area contributed by atoms with Crippen LogP contribution in [0.3, 0.4) is 0 Å². The Bertz CT molecular complexity index is 937. The first-order chi connectivity index (χ1) is 13.6. The Morgan fingerprint density at radius 1 is 1.07 bits per heavy atom. The zero-order valence-corrected chi connectivity index (χ0v) is 15.2. The second kappa shape index (κ2) is 7.88. The number of ether oxygens (including phenoxy) is 2. The zero-order chi connectivity index (χ0) is 19.5. The maximum atomic E-state index is 12.6. The Hall–Kier alpha value is -3.09. The largest absolute Gasteiger partial charge is 0.489 e. The number of nitrogens with zero attached hydrogens (tertiary/aromatic N) is 2. The molecule has 4 rings (SSSR count). The zero-order valence-electron chi connectivity index (χ0n) is 15.2. The third-order valence-electron chi connectivity index (χ3n) is 4.59. The minimum atomic E-state index is -2.89. The molecule has 1 saturated carbocycles. The highest BCUT2D eigenvalue weighted by molar-refractivity contribution is 5.61. The number of hydrogen-bond donors (Lipinski definition) is 1. The van der Waals surface area contributed by atoms with Gasteiger partial charge < -0.3 is 15.2 Å². The fourth-order valence-corrected chi connectivity index (χ4v) is 2.89. The van der Waals surface area contributed by atoms with Gasteiger partial charge in [0, 0.05) is 17.4 Å². The summed E-state index contributed by atoms with van der Waals surface area (Å²) >= 11 is 0. The minimum absolute atomic E-state index is 0.0578. The highest BCUT2D eigenvalue weighted by Crippen LogP contribution is 2.34. The van der Waals surface area contributed by atoms with Gasteiger partial charge in [0.25, 0.3) is 0 Å². The number of benzene rings is 2. The molecule has 0 amide bonds. The van der Waals surface area contributed by atoms with Crippen molar-refractivity contribution in [3.8, 4) is 22.8 Å². The molecule has 3 aromatic rings. The third-order valence-corrected chi connectivity index (χ3v) is 4.59. The molecular weight excluding hydrogens is 364 g/mol. The summed E-state index contributed by atoms with van der Waals surface area (Å²) in [5, 5.41) is 4.57. The van der Waals surface area contributed by atoms with E-state index in [0.29, 0.717) is 30.5 Å². The minimum Gasteiger partial charge on any atom is -0.489 e. The molecule has 1 fully saturated rings. The molecule has 0 bridgehead atoms. The Kier molecular flexibility index (Phi) is 5.14. The number of alkyl halides is 2. The van der Waals surface area contributed by atoms with Crippen molar-refractivity contribution in [2.75, 3.05) is 12.3 Å². The SMILES string of the molecule is Nc1ccc(-c2ccn(Cc3ccc(OC(F)F)c(OCC4CC4)c3)n2)cc1. The predicted octanol–water partition coefficient (Wildman–Crippen LogP) is 4.57. The van der Waals surface area contributed by atoms with Gasteiger partial charge in [0.2, 0.25) is 0 Å². The second-order valence-electron chi connectivity index (χ2n) is 6.93. The molecule has 0 unspecified atom stereocenters. The van der Waals surface area contributed by atoms with Crippen molar-refractivity contribution in [2.45, 2.75) is 26.0 Å². The summed E-state index contributed by atoms with van der Waals surface area (Å²) in [6.07, 6.45) is 4.11. The highest BCUT2D eigenvalue weighted by atomic mass is 19.3. The van der Waals surface area contributed by atoms with Crippen LogP contribution in [0.2, 0.25) is 0 Å². The third kappa shape index (κ3) is 4.60. The summed E-state index contributed by atoms with van der Waals surface area (Å²) in [4.78, 5) is 0. The van der Waals surface area contributed by atoms with Crippen LogP contribution in [0.5, 0.6) is 11.5 Å². The van der Waals surface area contributed by atoms with Crippen molar-refractivity contribution >= 4 is 5.69 Å². The maximum absolute atomic E-state index is 12.6. The van der Waals surface area contributed by atoms with E-state index in [9.17, 15) is 8.78 Å². The van der Waals surface area contributed by atoms with Crippen molar-refractivity contribution in [3.05, 3.63) is 60.3 Å². The van der Waals surface area contributed by atoms with E-state index in [1.165, 1.54) is 6.07 Å². The first-order valence-corrected chi connectivity index (χ1v) is 9.17. The number of aromatic nitrogens is 2. The fourth-order valence-electron chi connectivity index (χ4n) is 2.89. The van der Waals surface area contributed by atoms with Crippen LogP contribution in [0.4, 0.5) is 14.5 Å². The van der Waals surface area contributed by atoms with Gasteiger partial charge in [-0.3, -0.25) is 4.68 Å². The number of anilines is 1. The Balaban J connectivity index is 1.50. The summed E-state index contributed by atoms with van der Waals surface area (Å²) in [6, 6.07) is 14.4. The lowest BCUT2D eigenvalue weighted by Gasteiger charge is -2.13. The van der Waals surface area contributed by atoms with Gasteiger partial charge in [-0.25, -0.2) is 0 Å². The number of nitrogens with two attached hydrogens (primary N) is 1. The molecule has 146 valence electrons. The quantitative estimate of drug-likeness (QED) is 0.577. The maximum Gasteiger partial charge on any atom is 0.387 e. The average molecular weight is 385 g/mol. The normalized spacial score (nSPS) is 13.7. The molecule has 0 atom stereocenters. The van der Waals surface area contributed by atoms with Crippen LogP contribution in [0.25, 0.3) is 11.3 Å². The number of hydrogen-bond acceptors (Lipinski definition) is 4. The van der Waals surface area contributed by atoms with E-state index in [4.69, 9.17) is 10.5 Å². The van der Waals surface area contributed by atoms with Crippen LogP contribution < -0.4 is 15.2 Å². The van der Waals surface area contributed by atoms with E-state index >= 15 is 0 Å². The van der Waals surface area contributed by atoms with Crippen molar-refractivity contribution in [1.82, 2.24) is 9.78 Å². The Morgan fingerprint density at radius 3 is 2.57 bits per heavy atom. The summed E-state index contributed by atoms with van der Waals surface area (Å²) in [5.74, 6) is 0.912. The van der Waals surface area contributed by atoms with E-state index in [1.807, 2.05) is 36.5 Å². The summed E-state index contributed by atoms with van der Waals surface area (Å²) in [6.45, 7) is -1.88. The topological polar surface area (TPSA) is 62.3 Å². The van der Waals surface area contributed by atoms with Crippen LogP contribution in [0.15, 0.2) is 54.7 Å². The molecule has 5 nitrogen and oxygen atoms in total. The lowest BCUT2D eigenvalue weighted by molar-refractivity contribution is -0.0515. The molecule has 1 aliphatic rings. The summed E-state index contributed by atoms with van der Waals surface area (Å²) in [5.41, 5.74) is 9.12. The Labute approximate surface area is 161 Å². The number of rotatable bonds is 8. The molecule has 1 heterocycles. The molecule has 2 N–H and O–H groups in total. The van der Waals surface area contributed by atoms with E-state index in [-0.39, 0.29) is 5.75 Å². The monoisotopic (exact) mass is 385 g/mol. The van der Waals surface area contributed by atoms with Gasteiger partial charge in [0.05, 0.1) is 18.8 Å². The second-order valence-corrected chi connectivity index (χ2v) is 6.93. The van der Waals surface area contributed by atoms with E-state index in [1.54, 1.807) is 16.8 Å². The first kappa shape index (κ1) is 18.3. The van der Waals surface area contributed by atoms with Crippen LogP contribution in [0.1, 0.15) is 18.4 Å². The van der Waals surface area contributed by atoms with E-state index in [2.05, 4.69) is 9.84 Å². The lowest BCUT2D eigenvalue weighted by atomic mass is 10.1. The lowest BCUT2D eigenvalue weighted by Crippen LogP contribution is -2.07. The van der Waals surface area contributed by atoms with Gasteiger partial charge >= 0.3 is 6.61 Å².